The zero-order valence-corrected chi connectivity index (χ0v) is 19.2. The summed E-state index contributed by atoms with van der Waals surface area (Å²) in [5.74, 6) is 0.0978. The molecular weight excluding hydrogens is 420 g/mol. The zero-order chi connectivity index (χ0) is 21.7. The lowest BCUT2D eigenvalue weighted by molar-refractivity contribution is -0.111. The summed E-state index contributed by atoms with van der Waals surface area (Å²) >= 11 is 1.55. The Hall–Kier alpha value is -2.16. The highest BCUT2D eigenvalue weighted by atomic mass is 32.2. The average molecular weight is 449 g/mol. The van der Waals surface area contributed by atoms with Gasteiger partial charge in [-0.15, -0.1) is 11.3 Å². The Bertz CT molecular complexity index is 1020. The average Bonchev–Trinajstić information content (AvgIpc) is 3.12. The Labute approximate surface area is 182 Å². The summed E-state index contributed by atoms with van der Waals surface area (Å²) in [6, 6.07) is 6.64. The number of carbonyl (C=O) groups is 1. The molecule has 30 heavy (non-hydrogen) atoms. The zero-order valence-electron chi connectivity index (χ0n) is 17.6. The monoisotopic (exact) mass is 448 g/mol. The molecule has 162 valence electrons. The van der Waals surface area contributed by atoms with Crippen molar-refractivity contribution in [3.8, 4) is 5.75 Å². The quantitative estimate of drug-likeness (QED) is 0.625. The summed E-state index contributed by atoms with van der Waals surface area (Å²) in [4.78, 5) is 13.7. The summed E-state index contributed by atoms with van der Waals surface area (Å²) in [5.41, 5.74) is 1.45. The third kappa shape index (κ3) is 5.50. The first-order valence-corrected chi connectivity index (χ1v) is 12.4. The molecule has 1 saturated heterocycles. The Balaban J connectivity index is 1.86. The number of nitrogens with one attached hydrogen (secondary N) is 1. The van der Waals surface area contributed by atoms with Crippen molar-refractivity contribution in [2.75, 3.05) is 18.4 Å². The second kappa shape index (κ2) is 9.76. The molecule has 0 radical (unpaired) electrons. The smallest absolute Gasteiger partial charge is 0.248 e. The standard InChI is InChI=1S/C22H28N2O4S2/c1-16(2)28-20-8-7-18(30(26,27)24-12-5-4-6-13-24)15-19(20)23-22(25)10-9-21-17(3)11-14-29-21/h7-11,14-16H,4-6,12-13H2,1-3H3,(H,23,25)/b10-9+. The van der Waals surface area contributed by atoms with Crippen LogP contribution in [0, 0.1) is 6.92 Å². The third-order valence-electron chi connectivity index (χ3n) is 4.81. The van der Waals surface area contributed by atoms with Gasteiger partial charge in [0.25, 0.3) is 0 Å². The van der Waals surface area contributed by atoms with Crippen LogP contribution in [-0.4, -0.2) is 37.8 Å². The molecule has 0 aliphatic carbocycles. The van der Waals surface area contributed by atoms with Crippen molar-refractivity contribution < 1.29 is 17.9 Å². The van der Waals surface area contributed by atoms with Gasteiger partial charge < -0.3 is 10.1 Å². The molecule has 3 rings (SSSR count). The van der Waals surface area contributed by atoms with Gasteiger partial charge in [-0.3, -0.25) is 4.79 Å². The molecule has 1 amide bonds. The van der Waals surface area contributed by atoms with Crippen LogP contribution >= 0.6 is 11.3 Å². The Kier molecular flexibility index (Phi) is 7.33. The van der Waals surface area contributed by atoms with Crippen LogP contribution in [0.4, 0.5) is 5.69 Å². The number of benzene rings is 1. The van der Waals surface area contributed by atoms with E-state index in [-0.39, 0.29) is 16.9 Å². The van der Waals surface area contributed by atoms with Crippen molar-refractivity contribution in [3.63, 3.8) is 0 Å². The Morgan fingerprint density at radius 3 is 2.57 bits per heavy atom. The molecule has 6 nitrogen and oxygen atoms in total. The van der Waals surface area contributed by atoms with Gasteiger partial charge in [-0.05, 0) is 74.9 Å². The lowest BCUT2D eigenvalue weighted by Gasteiger charge is -2.26. The van der Waals surface area contributed by atoms with Gasteiger partial charge >= 0.3 is 0 Å². The number of aryl methyl sites for hydroxylation is 1. The van der Waals surface area contributed by atoms with Crippen molar-refractivity contribution >= 4 is 39.0 Å². The van der Waals surface area contributed by atoms with Gasteiger partial charge in [0.05, 0.1) is 16.7 Å². The van der Waals surface area contributed by atoms with E-state index < -0.39 is 10.0 Å². The minimum Gasteiger partial charge on any atom is -0.489 e. The maximum atomic E-state index is 13.0. The van der Waals surface area contributed by atoms with Gasteiger partial charge in [-0.2, -0.15) is 4.31 Å². The molecule has 1 aliphatic rings. The highest BCUT2D eigenvalue weighted by molar-refractivity contribution is 7.89. The summed E-state index contributed by atoms with van der Waals surface area (Å²) in [5, 5.41) is 4.75. The fourth-order valence-corrected chi connectivity index (χ4v) is 5.62. The first-order valence-electron chi connectivity index (χ1n) is 10.1. The van der Waals surface area contributed by atoms with Crippen LogP contribution in [0.3, 0.4) is 0 Å². The van der Waals surface area contributed by atoms with E-state index in [9.17, 15) is 13.2 Å². The number of amides is 1. The van der Waals surface area contributed by atoms with Crippen LogP contribution in [0.25, 0.3) is 6.08 Å². The fourth-order valence-electron chi connectivity index (χ4n) is 3.26. The number of rotatable bonds is 7. The van der Waals surface area contributed by atoms with E-state index in [0.717, 1.165) is 29.7 Å². The van der Waals surface area contributed by atoms with E-state index in [1.807, 2.05) is 32.2 Å². The molecule has 0 saturated carbocycles. The lowest BCUT2D eigenvalue weighted by atomic mass is 10.2. The number of thiophene rings is 1. The normalized spacial score (nSPS) is 15.6. The first kappa shape index (κ1) is 22.5. The second-order valence-corrected chi connectivity index (χ2v) is 10.5. The molecule has 0 unspecified atom stereocenters. The van der Waals surface area contributed by atoms with Crippen LogP contribution in [0.5, 0.6) is 5.75 Å². The largest absolute Gasteiger partial charge is 0.489 e. The van der Waals surface area contributed by atoms with Gasteiger partial charge in [0.15, 0.2) is 0 Å². The molecule has 2 aromatic rings. The molecule has 1 aliphatic heterocycles. The van der Waals surface area contributed by atoms with E-state index in [1.165, 1.54) is 16.4 Å². The van der Waals surface area contributed by atoms with E-state index in [1.54, 1.807) is 29.5 Å². The van der Waals surface area contributed by atoms with Gasteiger partial charge in [-0.1, -0.05) is 6.42 Å². The predicted molar refractivity (Wildman–Crippen MR) is 122 cm³/mol. The molecule has 1 aromatic heterocycles. The minimum absolute atomic E-state index is 0.116. The van der Waals surface area contributed by atoms with Crippen molar-refractivity contribution in [1.29, 1.82) is 0 Å². The number of hydrogen-bond acceptors (Lipinski definition) is 5. The van der Waals surface area contributed by atoms with Crippen LogP contribution in [-0.2, 0) is 14.8 Å². The van der Waals surface area contributed by atoms with Gasteiger partial charge in [0, 0.05) is 24.0 Å². The Morgan fingerprint density at radius 1 is 1.20 bits per heavy atom. The number of ether oxygens (including phenoxy) is 1. The van der Waals surface area contributed by atoms with E-state index >= 15 is 0 Å². The predicted octanol–water partition coefficient (Wildman–Crippen LogP) is 4.67. The van der Waals surface area contributed by atoms with E-state index in [0.29, 0.717) is 24.5 Å². The van der Waals surface area contributed by atoms with Crippen LogP contribution in [0.1, 0.15) is 43.6 Å². The summed E-state index contributed by atoms with van der Waals surface area (Å²) in [6.45, 7) is 6.79. The molecular formula is C22H28N2O4S2. The minimum atomic E-state index is -3.61. The molecule has 1 fully saturated rings. The van der Waals surface area contributed by atoms with Gasteiger partial charge in [-0.25, -0.2) is 8.42 Å². The second-order valence-electron chi connectivity index (χ2n) is 7.58. The maximum absolute atomic E-state index is 13.0. The maximum Gasteiger partial charge on any atom is 0.248 e. The van der Waals surface area contributed by atoms with E-state index in [2.05, 4.69) is 5.32 Å². The number of anilines is 1. The highest BCUT2D eigenvalue weighted by Gasteiger charge is 2.27. The Morgan fingerprint density at radius 2 is 1.93 bits per heavy atom. The number of nitrogens with zero attached hydrogens (tertiary/aromatic N) is 1. The van der Waals surface area contributed by atoms with Crippen molar-refractivity contribution in [3.05, 3.63) is 46.2 Å². The molecule has 1 N–H and O–H groups in total. The molecule has 2 heterocycles. The van der Waals surface area contributed by atoms with Crippen LogP contribution in [0.15, 0.2) is 40.6 Å². The fraction of sp³-hybridized carbons (Fsp3) is 0.409. The number of carbonyl (C=O) groups excluding carboxylic acids is 1. The van der Waals surface area contributed by atoms with Gasteiger partial charge in [0.2, 0.25) is 15.9 Å². The highest BCUT2D eigenvalue weighted by Crippen LogP contribution is 2.31. The lowest BCUT2D eigenvalue weighted by Crippen LogP contribution is -2.35. The van der Waals surface area contributed by atoms with Crippen molar-refractivity contribution in [1.82, 2.24) is 4.31 Å². The summed E-state index contributed by atoms with van der Waals surface area (Å²) in [7, 11) is -3.61. The number of piperidine rings is 1. The molecule has 0 bridgehead atoms. The van der Waals surface area contributed by atoms with Crippen molar-refractivity contribution in [2.45, 2.75) is 51.0 Å². The van der Waals surface area contributed by atoms with Crippen LogP contribution < -0.4 is 10.1 Å². The third-order valence-corrected chi connectivity index (χ3v) is 7.69. The van der Waals surface area contributed by atoms with Crippen molar-refractivity contribution in [2.24, 2.45) is 0 Å². The van der Waals surface area contributed by atoms with Crippen LogP contribution in [0.2, 0.25) is 0 Å². The summed E-state index contributed by atoms with van der Waals surface area (Å²) in [6.07, 6.45) is 5.87. The van der Waals surface area contributed by atoms with Gasteiger partial charge in [0.1, 0.15) is 5.75 Å². The topological polar surface area (TPSA) is 75.7 Å². The number of sulfonamides is 1. The SMILES string of the molecule is Cc1ccsc1/C=C/C(=O)Nc1cc(S(=O)(=O)N2CCCCC2)ccc1OC(C)C. The molecule has 8 heteroatoms. The summed E-state index contributed by atoms with van der Waals surface area (Å²) < 4.78 is 33.4. The molecule has 0 spiro atoms. The molecule has 1 aromatic carbocycles. The van der Waals surface area contributed by atoms with E-state index in [4.69, 9.17) is 4.74 Å². The first-order chi connectivity index (χ1) is 14.3. The molecule has 0 atom stereocenters. The number of hydrogen-bond donors (Lipinski definition) is 1.